The molecule has 0 aliphatic heterocycles. The zero-order valence-electron chi connectivity index (χ0n) is 11.4. The van der Waals surface area contributed by atoms with E-state index in [9.17, 15) is 4.79 Å². The fraction of sp³-hybridized carbons (Fsp3) is 0.800. The van der Waals surface area contributed by atoms with Gasteiger partial charge in [-0.2, -0.15) is 8.42 Å². The highest BCUT2D eigenvalue weighted by Gasteiger charge is 2.18. The van der Waals surface area contributed by atoms with Crippen LogP contribution in [-0.2, 0) is 15.2 Å². The van der Waals surface area contributed by atoms with Crippen molar-refractivity contribution in [1.29, 1.82) is 5.41 Å². The van der Waals surface area contributed by atoms with Gasteiger partial charge in [-0.05, 0) is 31.1 Å². The minimum Gasteiger partial charge on any atom is -0.378 e. The van der Waals surface area contributed by atoms with Crippen LogP contribution in [0.5, 0.6) is 0 Å². The maximum absolute atomic E-state index is 11.6. The first-order valence-corrected chi connectivity index (χ1v) is 8.28. The molecule has 0 aromatic heterocycles. The van der Waals surface area contributed by atoms with E-state index in [2.05, 4.69) is 6.92 Å². The van der Waals surface area contributed by atoms with E-state index in [-0.39, 0.29) is 16.2 Å². The molecule has 120 valence electrons. The molecular formula is C10H23N3O5S2. The third kappa shape index (κ3) is 19.7. The van der Waals surface area contributed by atoms with Gasteiger partial charge in [0.2, 0.25) is 0 Å². The summed E-state index contributed by atoms with van der Waals surface area (Å²) in [5.41, 5.74) is 10.6. The number of nitrogens with one attached hydrogen (secondary N) is 1. The van der Waals surface area contributed by atoms with Crippen molar-refractivity contribution < 1.29 is 22.3 Å². The lowest BCUT2D eigenvalue weighted by Gasteiger charge is -2.13. The molecule has 0 rings (SSSR count). The smallest absolute Gasteiger partial charge is 0.378 e. The summed E-state index contributed by atoms with van der Waals surface area (Å²) in [6.45, 7) is 2.64. The fourth-order valence-corrected chi connectivity index (χ4v) is 2.03. The first kappa shape index (κ1) is 21.6. The number of unbranched alkanes of at least 4 members (excludes halogenated alkanes) is 2. The molecule has 0 saturated carbocycles. The summed E-state index contributed by atoms with van der Waals surface area (Å²) >= 11 is 0.827. The van der Waals surface area contributed by atoms with Gasteiger partial charge in [0.1, 0.15) is 0 Å². The molecule has 0 aliphatic carbocycles. The van der Waals surface area contributed by atoms with E-state index in [1.54, 1.807) is 0 Å². The highest BCUT2D eigenvalue weighted by molar-refractivity contribution is 8.26. The Bertz CT molecular complexity index is 378. The zero-order valence-corrected chi connectivity index (χ0v) is 13.0. The minimum atomic E-state index is -4.67. The number of hydrogen-bond acceptors (Lipinski definition) is 6. The first-order valence-electron chi connectivity index (χ1n) is 6.07. The largest absolute Gasteiger partial charge is 0.394 e. The van der Waals surface area contributed by atoms with Crippen molar-refractivity contribution in [2.75, 3.05) is 6.54 Å². The lowest BCUT2D eigenvalue weighted by atomic mass is 9.99. The molecule has 0 fully saturated rings. The number of rotatable bonds is 7. The van der Waals surface area contributed by atoms with E-state index >= 15 is 0 Å². The molecule has 0 saturated heterocycles. The molecule has 20 heavy (non-hydrogen) atoms. The van der Waals surface area contributed by atoms with Crippen molar-refractivity contribution in [1.82, 2.24) is 0 Å². The van der Waals surface area contributed by atoms with E-state index in [1.165, 1.54) is 0 Å². The van der Waals surface area contributed by atoms with Gasteiger partial charge >= 0.3 is 10.4 Å². The van der Waals surface area contributed by atoms with Crippen LogP contribution < -0.4 is 11.5 Å². The van der Waals surface area contributed by atoms with Crippen molar-refractivity contribution >= 4 is 32.4 Å². The SMILES string of the molecule is CCCCCC(CCN)C(=O)SC(=N)N.O=S(=O)(O)O. The van der Waals surface area contributed by atoms with E-state index in [0.717, 1.165) is 37.4 Å². The summed E-state index contributed by atoms with van der Waals surface area (Å²) in [4.78, 5) is 11.6. The van der Waals surface area contributed by atoms with Crippen LogP contribution in [0.3, 0.4) is 0 Å². The van der Waals surface area contributed by atoms with Crippen LogP contribution >= 0.6 is 11.8 Å². The van der Waals surface area contributed by atoms with Crippen LogP contribution in [0.4, 0.5) is 0 Å². The molecule has 0 bridgehead atoms. The second-order valence-corrected chi connectivity index (χ2v) is 5.95. The van der Waals surface area contributed by atoms with Gasteiger partial charge in [-0.25, -0.2) is 0 Å². The second kappa shape index (κ2) is 12.1. The fourth-order valence-electron chi connectivity index (χ4n) is 1.41. The lowest BCUT2D eigenvalue weighted by Crippen LogP contribution is -2.19. The molecule has 0 spiro atoms. The van der Waals surface area contributed by atoms with Crippen molar-refractivity contribution in [3.8, 4) is 0 Å². The number of thioether (sulfide) groups is 1. The zero-order chi connectivity index (χ0) is 16.2. The standard InChI is InChI=1S/C10H21N3OS.H2O4S/c1-2-3-4-5-8(6-7-11)9(14)15-10(12)13;1-5(2,3)4/h8H,2-7,11H2,1H3,(H3,12,13);(H2,1,2,3,4). The van der Waals surface area contributed by atoms with Gasteiger partial charge in [0.05, 0.1) is 0 Å². The molecule has 8 nitrogen and oxygen atoms in total. The Balaban J connectivity index is 0. The summed E-state index contributed by atoms with van der Waals surface area (Å²) in [7, 11) is -4.67. The predicted molar refractivity (Wildman–Crippen MR) is 80.0 cm³/mol. The quantitative estimate of drug-likeness (QED) is 0.200. The Kier molecular flexibility index (Phi) is 13.1. The molecule has 10 heteroatoms. The molecule has 0 aromatic carbocycles. The summed E-state index contributed by atoms with van der Waals surface area (Å²) in [6, 6.07) is 0. The number of hydrogen-bond donors (Lipinski definition) is 5. The molecule has 1 atom stereocenters. The topological polar surface area (TPSA) is 168 Å². The van der Waals surface area contributed by atoms with Crippen molar-refractivity contribution in [3.63, 3.8) is 0 Å². The minimum absolute atomic E-state index is 0.0101. The predicted octanol–water partition coefficient (Wildman–Crippen LogP) is 1.03. The van der Waals surface area contributed by atoms with Gasteiger partial charge in [-0.1, -0.05) is 26.2 Å². The van der Waals surface area contributed by atoms with Crippen LogP contribution in [0.2, 0.25) is 0 Å². The first-order chi connectivity index (χ1) is 9.11. The molecule has 0 aliphatic rings. The Labute approximate surface area is 123 Å². The molecular weight excluding hydrogens is 306 g/mol. The monoisotopic (exact) mass is 329 g/mol. The molecule has 0 radical (unpaired) electrons. The molecule has 0 heterocycles. The Hall–Kier alpha value is -0.680. The van der Waals surface area contributed by atoms with Gasteiger partial charge in [-0.15, -0.1) is 0 Å². The number of carbonyl (C=O) groups is 1. The van der Waals surface area contributed by atoms with Crippen LogP contribution in [0, 0.1) is 11.3 Å². The van der Waals surface area contributed by atoms with E-state index < -0.39 is 10.4 Å². The van der Waals surface area contributed by atoms with Crippen LogP contribution in [0.15, 0.2) is 0 Å². The lowest BCUT2D eigenvalue weighted by molar-refractivity contribution is -0.114. The van der Waals surface area contributed by atoms with E-state index in [1.807, 2.05) is 0 Å². The van der Waals surface area contributed by atoms with Gasteiger partial charge in [0, 0.05) is 5.92 Å². The Morgan fingerprint density at radius 1 is 1.30 bits per heavy atom. The van der Waals surface area contributed by atoms with Crippen molar-refractivity contribution in [2.24, 2.45) is 17.4 Å². The van der Waals surface area contributed by atoms with E-state index in [4.69, 9.17) is 34.4 Å². The molecule has 0 aromatic rings. The number of carbonyl (C=O) groups excluding carboxylic acids is 1. The third-order valence-electron chi connectivity index (χ3n) is 2.22. The molecule has 1 unspecified atom stereocenters. The van der Waals surface area contributed by atoms with Crippen molar-refractivity contribution in [3.05, 3.63) is 0 Å². The van der Waals surface area contributed by atoms with Crippen LogP contribution in [-0.4, -0.2) is 34.4 Å². The maximum atomic E-state index is 11.6. The highest BCUT2D eigenvalue weighted by Crippen LogP contribution is 2.20. The van der Waals surface area contributed by atoms with Gasteiger partial charge < -0.3 is 11.5 Å². The van der Waals surface area contributed by atoms with Gasteiger partial charge in [0.15, 0.2) is 10.3 Å². The summed E-state index contributed by atoms with van der Waals surface area (Å²) in [6.07, 6.45) is 4.89. The summed E-state index contributed by atoms with van der Waals surface area (Å²) in [5, 5.41) is 6.91. The van der Waals surface area contributed by atoms with Gasteiger partial charge in [0.25, 0.3) is 0 Å². The summed E-state index contributed by atoms with van der Waals surface area (Å²) in [5.74, 6) is -0.0320. The summed E-state index contributed by atoms with van der Waals surface area (Å²) < 4.78 is 31.6. The maximum Gasteiger partial charge on any atom is 0.394 e. The Morgan fingerprint density at radius 3 is 2.15 bits per heavy atom. The third-order valence-corrected chi connectivity index (χ3v) is 2.97. The van der Waals surface area contributed by atoms with Crippen LogP contribution in [0.25, 0.3) is 0 Å². The number of amidine groups is 1. The average Bonchev–Trinajstić information content (AvgIpc) is 2.25. The number of nitrogens with two attached hydrogens (primary N) is 2. The normalized spacial score (nSPS) is 12.2. The van der Waals surface area contributed by atoms with Crippen molar-refractivity contribution in [2.45, 2.75) is 39.0 Å². The van der Waals surface area contributed by atoms with Gasteiger partial charge in [-0.3, -0.25) is 19.3 Å². The molecule has 7 N–H and O–H groups in total. The highest BCUT2D eigenvalue weighted by atomic mass is 32.3. The average molecular weight is 329 g/mol. The van der Waals surface area contributed by atoms with E-state index in [0.29, 0.717) is 13.0 Å². The molecule has 0 amide bonds. The Morgan fingerprint density at radius 2 is 1.80 bits per heavy atom. The second-order valence-electron chi connectivity index (χ2n) is 4.00. The van der Waals surface area contributed by atoms with Crippen LogP contribution in [0.1, 0.15) is 39.0 Å².